The monoisotopic (exact) mass is 400 g/mol. The Kier molecular flexibility index (Phi) is 5.58. The highest BCUT2D eigenvalue weighted by molar-refractivity contribution is 7.99. The standard InChI is InChI=1S/C24H20N2O2S/c1-17(18-10-4-2-5-11-18)26-23(28)20-14-8-9-15-21(20)25-24(26)29-16-22(27)19-12-6-3-7-13-19/h2-15,17H,16H2,1H3/t17-/m1/s1. The zero-order valence-electron chi connectivity index (χ0n) is 16.0. The van der Waals surface area contributed by atoms with Crippen LogP contribution in [0.2, 0.25) is 0 Å². The number of benzene rings is 3. The van der Waals surface area contributed by atoms with Crippen LogP contribution < -0.4 is 5.56 Å². The summed E-state index contributed by atoms with van der Waals surface area (Å²) in [7, 11) is 0. The zero-order chi connectivity index (χ0) is 20.2. The molecule has 1 heterocycles. The van der Waals surface area contributed by atoms with Gasteiger partial charge < -0.3 is 0 Å². The maximum atomic E-state index is 13.3. The van der Waals surface area contributed by atoms with Gasteiger partial charge in [-0.25, -0.2) is 4.98 Å². The third-order valence-corrected chi connectivity index (χ3v) is 5.83. The highest BCUT2D eigenvalue weighted by Crippen LogP contribution is 2.25. The minimum absolute atomic E-state index is 0.0110. The SMILES string of the molecule is C[C@H](c1ccccc1)n1c(SCC(=O)c2ccccc2)nc2ccccc2c1=O. The second-order valence-electron chi connectivity index (χ2n) is 6.75. The molecule has 1 atom stereocenters. The third kappa shape index (κ3) is 4.00. The van der Waals surface area contributed by atoms with Crippen molar-refractivity contribution in [1.82, 2.24) is 9.55 Å². The van der Waals surface area contributed by atoms with Gasteiger partial charge in [0.25, 0.3) is 5.56 Å². The van der Waals surface area contributed by atoms with E-state index >= 15 is 0 Å². The molecule has 0 saturated heterocycles. The molecule has 0 spiro atoms. The van der Waals surface area contributed by atoms with Crippen LogP contribution in [0.25, 0.3) is 10.9 Å². The number of nitrogens with zero attached hydrogens (tertiary/aromatic N) is 2. The molecule has 144 valence electrons. The summed E-state index contributed by atoms with van der Waals surface area (Å²) in [6.45, 7) is 1.98. The molecule has 0 saturated carbocycles. The Labute approximate surface area is 173 Å². The number of carbonyl (C=O) groups excluding carboxylic acids is 1. The van der Waals surface area contributed by atoms with E-state index in [2.05, 4.69) is 0 Å². The number of carbonyl (C=O) groups is 1. The van der Waals surface area contributed by atoms with Gasteiger partial charge >= 0.3 is 0 Å². The summed E-state index contributed by atoms with van der Waals surface area (Å²) < 4.78 is 1.70. The minimum Gasteiger partial charge on any atom is -0.293 e. The van der Waals surface area contributed by atoms with Crippen LogP contribution in [-0.2, 0) is 0 Å². The third-order valence-electron chi connectivity index (χ3n) is 4.87. The summed E-state index contributed by atoms with van der Waals surface area (Å²) in [6, 6.07) is 26.2. The van der Waals surface area contributed by atoms with Crippen molar-refractivity contribution in [1.29, 1.82) is 0 Å². The normalized spacial score (nSPS) is 12.0. The van der Waals surface area contributed by atoms with Crippen LogP contribution in [0.4, 0.5) is 0 Å². The minimum atomic E-state index is -0.199. The van der Waals surface area contributed by atoms with E-state index in [1.165, 1.54) is 11.8 Å². The van der Waals surface area contributed by atoms with Gasteiger partial charge in [0.2, 0.25) is 0 Å². The molecule has 4 aromatic rings. The second kappa shape index (κ2) is 8.45. The molecule has 29 heavy (non-hydrogen) atoms. The molecule has 0 fully saturated rings. The van der Waals surface area contributed by atoms with Gasteiger partial charge in [0.15, 0.2) is 10.9 Å². The Morgan fingerprint density at radius 1 is 0.931 bits per heavy atom. The van der Waals surface area contributed by atoms with Crippen molar-refractivity contribution in [2.45, 2.75) is 18.1 Å². The van der Waals surface area contributed by atoms with E-state index in [0.717, 1.165) is 5.56 Å². The molecular formula is C24H20N2O2S. The van der Waals surface area contributed by atoms with Crippen LogP contribution in [0.3, 0.4) is 0 Å². The molecule has 0 bridgehead atoms. The molecule has 3 aromatic carbocycles. The van der Waals surface area contributed by atoms with Crippen molar-refractivity contribution < 1.29 is 4.79 Å². The Bertz CT molecular complexity index is 1200. The number of aromatic nitrogens is 2. The first-order valence-corrected chi connectivity index (χ1v) is 10.4. The Hall–Kier alpha value is -3.18. The summed E-state index contributed by atoms with van der Waals surface area (Å²) in [5, 5.41) is 1.13. The van der Waals surface area contributed by atoms with Crippen LogP contribution in [0, 0.1) is 0 Å². The van der Waals surface area contributed by atoms with Gasteiger partial charge in [-0.3, -0.25) is 14.2 Å². The number of fused-ring (bicyclic) bond motifs is 1. The molecule has 5 heteroatoms. The molecule has 0 radical (unpaired) electrons. The van der Waals surface area contributed by atoms with Crippen molar-refractivity contribution in [3.8, 4) is 0 Å². The average Bonchev–Trinajstić information content (AvgIpc) is 2.78. The number of hydrogen-bond donors (Lipinski definition) is 0. The molecular weight excluding hydrogens is 380 g/mol. The van der Waals surface area contributed by atoms with Gasteiger partial charge in [-0.05, 0) is 24.6 Å². The number of Topliss-reactive ketones (excluding diaryl/α,β-unsaturated/α-hetero) is 1. The lowest BCUT2D eigenvalue weighted by Gasteiger charge is -2.20. The first-order valence-electron chi connectivity index (χ1n) is 9.42. The number of ketones is 1. The molecule has 0 aliphatic carbocycles. The molecule has 0 unspecified atom stereocenters. The topological polar surface area (TPSA) is 52.0 Å². The van der Waals surface area contributed by atoms with Crippen LogP contribution in [0.15, 0.2) is 94.9 Å². The maximum Gasteiger partial charge on any atom is 0.262 e. The number of rotatable bonds is 6. The number of thioether (sulfide) groups is 1. The lowest BCUT2D eigenvalue weighted by molar-refractivity contribution is 0.102. The highest BCUT2D eigenvalue weighted by Gasteiger charge is 2.19. The van der Waals surface area contributed by atoms with Gasteiger partial charge in [-0.15, -0.1) is 0 Å². The summed E-state index contributed by atoms with van der Waals surface area (Å²) in [6.07, 6.45) is 0. The van der Waals surface area contributed by atoms with Crippen LogP contribution in [-0.4, -0.2) is 21.1 Å². The Balaban J connectivity index is 1.75. The Morgan fingerprint density at radius 2 is 1.55 bits per heavy atom. The summed E-state index contributed by atoms with van der Waals surface area (Å²) >= 11 is 1.30. The van der Waals surface area contributed by atoms with Crippen molar-refractivity contribution in [2.75, 3.05) is 5.75 Å². The molecule has 4 rings (SSSR count). The quantitative estimate of drug-likeness (QED) is 0.260. The highest BCUT2D eigenvalue weighted by atomic mass is 32.2. The summed E-state index contributed by atoms with van der Waals surface area (Å²) in [5.74, 6) is 0.230. The molecule has 0 aliphatic heterocycles. The first kappa shape index (κ1) is 19.2. The van der Waals surface area contributed by atoms with E-state index in [4.69, 9.17) is 4.98 Å². The van der Waals surface area contributed by atoms with Gasteiger partial charge in [-0.1, -0.05) is 84.6 Å². The van der Waals surface area contributed by atoms with Crippen molar-refractivity contribution in [2.24, 2.45) is 0 Å². The van der Waals surface area contributed by atoms with Gasteiger partial charge in [-0.2, -0.15) is 0 Å². The lowest BCUT2D eigenvalue weighted by atomic mass is 10.1. The van der Waals surface area contributed by atoms with E-state index in [1.807, 2.05) is 73.7 Å². The fourth-order valence-corrected chi connectivity index (χ4v) is 4.26. The van der Waals surface area contributed by atoms with Crippen molar-refractivity contribution >= 4 is 28.4 Å². The fourth-order valence-electron chi connectivity index (χ4n) is 3.29. The zero-order valence-corrected chi connectivity index (χ0v) is 16.8. The predicted octanol–water partition coefficient (Wildman–Crippen LogP) is 4.98. The van der Waals surface area contributed by atoms with Gasteiger partial charge in [0, 0.05) is 5.56 Å². The first-order chi connectivity index (χ1) is 14.1. The van der Waals surface area contributed by atoms with E-state index in [0.29, 0.717) is 21.6 Å². The van der Waals surface area contributed by atoms with Crippen LogP contribution >= 0.6 is 11.8 Å². The molecule has 0 aliphatic rings. The van der Waals surface area contributed by atoms with E-state index < -0.39 is 0 Å². The maximum absolute atomic E-state index is 13.3. The van der Waals surface area contributed by atoms with Crippen LogP contribution in [0.1, 0.15) is 28.9 Å². The average molecular weight is 401 g/mol. The molecule has 1 aromatic heterocycles. The van der Waals surface area contributed by atoms with E-state index in [1.54, 1.807) is 22.8 Å². The van der Waals surface area contributed by atoms with Gasteiger partial charge in [0.05, 0.1) is 22.7 Å². The van der Waals surface area contributed by atoms with Crippen molar-refractivity contribution in [3.63, 3.8) is 0 Å². The van der Waals surface area contributed by atoms with E-state index in [-0.39, 0.29) is 23.1 Å². The largest absolute Gasteiger partial charge is 0.293 e. The second-order valence-corrected chi connectivity index (χ2v) is 7.69. The van der Waals surface area contributed by atoms with Gasteiger partial charge in [0.1, 0.15) is 0 Å². The predicted molar refractivity (Wildman–Crippen MR) is 118 cm³/mol. The Morgan fingerprint density at radius 3 is 2.28 bits per heavy atom. The number of hydrogen-bond acceptors (Lipinski definition) is 4. The van der Waals surface area contributed by atoms with E-state index in [9.17, 15) is 9.59 Å². The summed E-state index contributed by atoms with van der Waals surface area (Å²) in [4.78, 5) is 30.6. The summed E-state index contributed by atoms with van der Waals surface area (Å²) in [5.41, 5.74) is 2.22. The molecule has 0 amide bonds. The smallest absolute Gasteiger partial charge is 0.262 e. The molecule has 0 N–H and O–H groups in total. The fraction of sp³-hybridized carbons (Fsp3) is 0.125. The molecule has 4 nitrogen and oxygen atoms in total. The van der Waals surface area contributed by atoms with Crippen LogP contribution in [0.5, 0.6) is 0 Å². The van der Waals surface area contributed by atoms with Crippen molar-refractivity contribution in [3.05, 3.63) is 106 Å². The lowest BCUT2D eigenvalue weighted by Crippen LogP contribution is -2.27. The number of para-hydroxylation sites is 1.